The Hall–Kier alpha value is -1.07. The van der Waals surface area contributed by atoms with Gasteiger partial charge in [0.1, 0.15) is 0 Å². The molecule has 1 aliphatic carbocycles. The molecule has 0 amide bonds. The minimum absolute atomic E-state index is 0.190. The van der Waals surface area contributed by atoms with Crippen LogP contribution in [0.1, 0.15) is 36.4 Å². The summed E-state index contributed by atoms with van der Waals surface area (Å²) in [6.45, 7) is 1.60. The first kappa shape index (κ1) is 13.9. The fourth-order valence-electron chi connectivity index (χ4n) is 3.28. The van der Waals surface area contributed by atoms with Gasteiger partial charge in [-0.25, -0.2) is 0 Å². The van der Waals surface area contributed by atoms with Crippen molar-refractivity contribution in [1.82, 2.24) is 4.90 Å². The predicted octanol–water partition coefficient (Wildman–Crippen LogP) is 3.19. The third-order valence-electron chi connectivity index (χ3n) is 4.46. The van der Waals surface area contributed by atoms with Crippen LogP contribution < -0.4 is 5.73 Å². The zero-order valence-electron chi connectivity index (χ0n) is 11.2. The Morgan fingerprint density at radius 3 is 2.25 bits per heavy atom. The molecule has 20 heavy (non-hydrogen) atoms. The van der Waals surface area contributed by atoms with E-state index in [9.17, 15) is 13.2 Å². The second-order valence-electron chi connectivity index (χ2n) is 5.82. The van der Waals surface area contributed by atoms with Gasteiger partial charge in [-0.2, -0.15) is 13.2 Å². The first-order valence-electron chi connectivity index (χ1n) is 7.13. The molecule has 1 aromatic rings. The third-order valence-corrected chi connectivity index (χ3v) is 4.46. The fraction of sp³-hybridized carbons (Fsp3) is 0.600. The van der Waals surface area contributed by atoms with Crippen LogP contribution in [0, 0.1) is 5.92 Å². The van der Waals surface area contributed by atoms with Gasteiger partial charge in [-0.05, 0) is 56.0 Å². The van der Waals surface area contributed by atoms with Crippen molar-refractivity contribution in [2.24, 2.45) is 11.7 Å². The maximum absolute atomic E-state index is 12.6. The molecule has 5 heteroatoms. The van der Waals surface area contributed by atoms with Crippen LogP contribution in [0.15, 0.2) is 24.3 Å². The van der Waals surface area contributed by atoms with Gasteiger partial charge < -0.3 is 5.73 Å². The fourth-order valence-corrected chi connectivity index (χ4v) is 3.28. The molecule has 2 unspecified atom stereocenters. The number of likely N-dealkylation sites (tertiary alicyclic amines) is 1. The van der Waals surface area contributed by atoms with Crippen LogP contribution in [0.4, 0.5) is 13.2 Å². The molecular formula is C15H19F3N2. The number of nitrogens with two attached hydrogens (primary N) is 1. The summed E-state index contributed by atoms with van der Waals surface area (Å²) in [5, 5.41) is 0. The number of rotatable bonds is 3. The number of nitrogens with zero attached hydrogens (tertiary/aromatic N) is 1. The van der Waals surface area contributed by atoms with Crippen LogP contribution in [0.2, 0.25) is 0 Å². The normalized spacial score (nSPS) is 28.0. The predicted molar refractivity (Wildman–Crippen MR) is 71.1 cm³/mol. The highest BCUT2D eigenvalue weighted by molar-refractivity contribution is 5.28. The van der Waals surface area contributed by atoms with E-state index in [2.05, 4.69) is 4.90 Å². The van der Waals surface area contributed by atoms with E-state index in [-0.39, 0.29) is 6.04 Å². The van der Waals surface area contributed by atoms with Gasteiger partial charge >= 0.3 is 6.18 Å². The van der Waals surface area contributed by atoms with E-state index in [0.717, 1.165) is 18.5 Å². The molecule has 1 heterocycles. The van der Waals surface area contributed by atoms with Crippen LogP contribution >= 0.6 is 0 Å². The maximum Gasteiger partial charge on any atom is 0.416 e. The molecular weight excluding hydrogens is 265 g/mol. The van der Waals surface area contributed by atoms with Gasteiger partial charge in [0.2, 0.25) is 0 Å². The number of benzene rings is 1. The Kier molecular flexibility index (Phi) is 3.50. The van der Waals surface area contributed by atoms with E-state index in [4.69, 9.17) is 5.73 Å². The van der Waals surface area contributed by atoms with E-state index in [0.29, 0.717) is 18.5 Å². The van der Waals surface area contributed by atoms with Gasteiger partial charge in [0.15, 0.2) is 0 Å². The molecule has 1 aliphatic heterocycles. The molecule has 1 saturated carbocycles. The molecule has 0 aromatic heterocycles. The van der Waals surface area contributed by atoms with Gasteiger partial charge in [-0.1, -0.05) is 12.1 Å². The van der Waals surface area contributed by atoms with Gasteiger partial charge in [0.05, 0.1) is 5.56 Å². The lowest BCUT2D eigenvalue weighted by molar-refractivity contribution is -0.137. The lowest BCUT2D eigenvalue weighted by Crippen LogP contribution is -2.30. The molecule has 1 saturated heterocycles. The van der Waals surface area contributed by atoms with E-state index < -0.39 is 11.7 Å². The van der Waals surface area contributed by atoms with E-state index in [1.165, 1.54) is 25.0 Å². The zero-order chi connectivity index (χ0) is 14.3. The minimum atomic E-state index is -4.27. The van der Waals surface area contributed by atoms with Gasteiger partial charge in [-0.15, -0.1) is 0 Å². The van der Waals surface area contributed by atoms with Crippen molar-refractivity contribution in [3.8, 4) is 0 Å². The summed E-state index contributed by atoms with van der Waals surface area (Å²) in [5.41, 5.74) is 6.23. The van der Waals surface area contributed by atoms with Gasteiger partial charge in [0.25, 0.3) is 0 Å². The Morgan fingerprint density at radius 1 is 1.10 bits per heavy atom. The Morgan fingerprint density at radius 2 is 1.75 bits per heavy atom. The van der Waals surface area contributed by atoms with Crippen molar-refractivity contribution in [3.05, 3.63) is 35.4 Å². The summed E-state index contributed by atoms with van der Waals surface area (Å²) < 4.78 is 37.9. The van der Waals surface area contributed by atoms with Gasteiger partial charge in [-0.3, -0.25) is 4.90 Å². The second-order valence-corrected chi connectivity index (χ2v) is 5.82. The summed E-state index contributed by atoms with van der Waals surface area (Å²) in [4.78, 5) is 2.43. The van der Waals surface area contributed by atoms with E-state index in [1.807, 2.05) is 0 Å². The standard InChI is InChI=1S/C15H19F3N2/c16-15(17,18)12-3-1-10(2-4-12)14-11(9-19)7-8-20(14)13-5-6-13/h1-4,11,13-14H,5-9,19H2. The Labute approximate surface area is 116 Å². The summed E-state index contributed by atoms with van der Waals surface area (Å²) in [7, 11) is 0. The smallest absolute Gasteiger partial charge is 0.330 e. The molecule has 1 aromatic carbocycles. The molecule has 3 rings (SSSR count). The lowest BCUT2D eigenvalue weighted by atomic mass is 9.93. The molecule has 2 nitrogen and oxygen atoms in total. The lowest BCUT2D eigenvalue weighted by Gasteiger charge is -2.28. The van der Waals surface area contributed by atoms with Crippen molar-refractivity contribution >= 4 is 0 Å². The van der Waals surface area contributed by atoms with Crippen molar-refractivity contribution in [2.45, 2.75) is 37.5 Å². The number of halogens is 3. The highest BCUT2D eigenvalue weighted by Crippen LogP contribution is 2.44. The summed E-state index contributed by atoms with van der Waals surface area (Å²) in [6.07, 6.45) is -0.820. The van der Waals surface area contributed by atoms with Gasteiger partial charge in [0, 0.05) is 12.1 Å². The van der Waals surface area contributed by atoms with Crippen LogP contribution in [0.5, 0.6) is 0 Å². The molecule has 0 spiro atoms. The molecule has 2 N–H and O–H groups in total. The molecule has 110 valence electrons. The number of hydrogen-bond acceptors (Lipinski definition) is 2. The van der Waals surface area contributed by atoms with Crippen molar-refractivity contribution in [1.29, 1.82) is 0 Å². The number of alkyl halides is 3. The van der Waals surface area contributed by atoms with Crippen LogP contribution in [0.25, 0.3) is 0 Å². The van der Waals surface area contributed by atoms with Crippen molar-refractivity contribution in [3.63, 3.8) is 0 Å². The van der Waals surface area contributed by atoms with Crippen LogP contribution in [-0.4, -0.2) is 24.0 Å². The zero-order valence-corrected chi connectivity index (χ0v) is 11.2. The van der Waals surface area contributed by atoms with Crippen LogP contribution in [0.3, 0.4) is 0 Å². The summed E-state index contributed by atoms with van der Waals surface area (Å²) in [6, 6.07) is 6.42. The highest BCUT2D eigenvalue weighted by Gasteiger charge is 2.42. The SMILES string of the molecule is NCC1CCN(C2CC2)C1c1ccc(C(F)(F)F)cc1. The monoisotopic (exact) mass is 284 g/mol. The average molecular weight is 284 g/mol. The van der Waals surface area contributed by atoms with E-state index in [1.54, 1.807) is 12.1 Å². The second kappa shape index (κ2) is 5.04. The largest absolute Gasteiger partial charge is 0.416 e. The Bertz CT molecular complexity index is 465. The molecule has 2 aliphatic rings. The first-order valence-corrected chi connectivity index (χ1v) is 7.13. The van der Waals surface area contributed by atoms with E-state index >= 15 is 0 Å². The Balaban J connectivity index is 1.85. The molecule has 0 bridgehead atoms. The summed E-state index contributed by atoms with van der Waals surface area (Å²) in [5.74, 6) is 0.354. The molecule has 2 fully saturated rings. The average Bonchev–Trinajstić information content (AvgIpc) is 3.17. The topological polar surface area (TPSA) is 29.3 Å². The number of hydrogen-bond donors (Lipinski definition) is 1. The maximum atomic E-state index is 12.6. The first-order chi connectivity index (χ1) is 9.50. The third kappa shape index (κ3) is 2.56. The minimum Gasteiger partial charge on any atom is -0.330 e. The highest BCUT2D eigenvalue weighted by atomic mass is 19.4. The van der Waals surface area contributed by atoms with Crippen molar-refractivity contribution in [2.75, 3.05) is 13.1 Å². The molecule has 0 radical (unpaired) electrons. The van der Waals surface area contributed by atoms with Crippen molar-refractivity contribution < 1.29 is 13.2 Å². The quantitative estimate of drug-likeness (QED) is 0.923. The van der Waals surface area contributed by atoms with Crippen LogP contribution in [-0.2, 0) is 6.18 Å². The summed E-state index contributed by atoms with van der Waals surface area (Å²) >= 11 is 0. The molecule has 2 atom stereocenters.